The van der Waals surface area contributed by atoms with Crippen LogP contribution in [0.25, 0.3) is 0 Å². The smallest absolute Gasteiger partial charge is 0.338 e. The highest BCUT2D eigenvalue weighted by atomic mass is 35.5. The molecule has 2 amide bonds. The van der Waals surface area contributed by atoms with E-state index in [9.17, 15) is 18.8 Å². The first-order valence-corrected chi connectivity index (χ1v) is 12.7. The molecule has 190 valence electrons. The van der Waals surface area contributed by atoms with Crippen LogP contribution in [0.4, 0.5) is 15.8 Å². The first kappa shape index (κ1) is 26.4. The number of ether oxygens (including phenoxy) is 1. The zero-order valence-corrected chi connectivity index (χ0v) is 21.4. The van der Waals surface area contributed by atoms with E-state index in [0.717, 1.165) is 17.3 Å². The molecule has 10 heteroatoms. The molecule has 3 aromatic carbocycles. The second-order valence-corrected chi connectivity index (χ2v) is 9.59. The number of hydrogen-bond donors (Lipinski definition) is 1. The quantitative estimate of drug-likeness (QED) is 0.382. The van der Waals surface area contributed by atoms with Gasteiger partial charge in [0, 0.05) is 11.4 Å². The zero-order chi connectivity index (χ0) is 26.4. The van der Waals surface area contributed by atoms with Gasteiger partial charge in [0.2, 0.25) is 11.8 Å². The lowest BCUT2D eigenvalue weighted by molar-refractivity contribution is -0.129. The fourth-order valence-electron chi connectivity index (χ4n) is 3.57. The Kier molecular flexibility index (Phi) is 8.58. The predicted molar refractivity (Wildman–Crippen MR) is 143 cm³/mol. The summed E-state index contributed by atoms with van der Waals surface area (Å²) in [6.07, 6.45) is -0.101. The molecular formula is C27H23ClFN3O4S. The van der Waals surface area contributed by atoms with Crippen LogP contribution in [0.1, 0.15) is 29.3 Å². The monoisotopic (exact) mass is 539 g/mol. The first-order valence-electron chi connectivity index (χ1n) is 11.5. The number of halogens is 2. The van der Waals surface area contributed by atoms with Crippen LogP contribution in [0.15, 0.2) is 77.8 Å². The van der Waals surface area contributed by atoms with Crippen LogP contribution in [-0.2, 0) is 20.9 Å². The van der Waals surface area contributed by atoms with Gasteiger partial charge in [0.15, 0.2) is 5.17 Å². The number of esters is 1. The largest absolute Gasteiger partial charge is 0.462 e. The molecule has 3 aromatic rings. The lowest BCUT2D eigenvalue weighted by Gasteiger charge is -2.32. The molecule has 1 fully saturated rings. The van der Waals surface area contributed by atoms with Crippen molar-refractivity contribution in [2.24, 2.45) is 4.99 Å². The number of thioether (sulfide) groups is 1. The minimum absolute atomic E-state index is 0.0343. The highest BCUT2D eigenvalue weighted by Crippen LogP contribution is 2.32. The van der Waals surface area contributed by atoms with Crippen molar-refractivity contribution in [1.82, 2.24) is 4.90 Å². The van der Waals surface area contributed by atoms with Gasteiger partial charge < -0.3 is 10.1 Å². The number of benzene rings is 3. The number of anilines is 1. The molecule has 0 saturated carbocycles. The van der Waals surface area contributed by atoms with E-state index in [2.05, 4.69) is 10.3 Å². The number of carbonyl (C=O) groups excluding carboxylic acids is 3. The number of amides is 2. The van der Waals surface area contributed by atoms with E-state index in [4.69, 9.17) is 16.3 Å². The van der Waals surface area contributed by atoms with Crippen molar-refractivity contribution in [2.75, 3.05) is 11.9 Å². The Hall–Kier alpha value is -3.69. The maximum atomic E-state index is 14.1. The van der Waals surface area contributed by atoms with Gasteiger partial charge in [0.25, 0.3) is 0 Å². The van der Waals surface area contributed by atoms with Crippen molar-refractivity contribution in [3.8, 4) is 0 Å². The second-order valence-electron chi connectivity index (χ2n) is 8.01. The molecule has 1 saturated heterocycles. The average molecular weight is 540 g/mol. The molecule has 7 nitrogen and oxygen atoms in total. The molecule has 0 radical (unpaired) electrons. The van der Waals surface area contributed by atoms with E-state index in [-0.39, 0.29) is 36.3 Å². The molecule has 4 rings (SSSR count). The average Bonchev–Trinajstić information content (AvgIpc) is 2.89. The Morgan fingerprint density at radius 2 is 1.81 bits per heavy atom. The van der Waals surface area contributed by atoms with Gasteiger partial charge in [-0.15, -0.1) is 0 Å². The Morgan fingerprint density at radius 3 is 2.51 bits per heavy atom. The minimum atomic E-state index is -0.827. The number of aliphatic imine (C=N–C) groups is 1. The standard InChI is InChI=1S/C27H23ClFN3O4S/c1-2-36-26(35)17-11-13-19(14-12-17)30-27-32(16-18-7-3-4-8-20(18)28)24(33)15-23(37-27)25(34)31-22-10-6-5-9-21(22)29/h3-14,23H,2,15-16H2,1H3,(H,31,34). The fraction of sp³-hybridized carbons (Fsp3) is 0.185. The summed E-state index contributed by atoms with van der Waals surface area (Å²) in [7, 11) is 0. The Labute approximate surface area is 222 Å². The normalized spacial score (nSPS) is 16.5. The number of carbonyl (C=O) groups is 3. The van der Waals surface area contributed by atoms with Crippen LogP contribution < -0.4 is 5.32 Å². The van der Waals surface area contributed by atoms with Crippen LogP contribution in [0, 0.1) is 5.82 Å². The number of nitrogens with one attached hydrogen (secondary N) is 1. The van der Waals surface area contributed by atoms with Crippen molar-refractivity contribution >= 4 is 57.7 Å². The van der Waals surface area contributed by atoms with Gasteiger partial charge >= 0.3 is 5.97 Å². The van der Waals surface area contributed by atoms with Crippen LogP contribution in [-0.4, -0.2) is 39.7 Å². The molecule has 1 unspecified atom stereocenters. The van der Waals surface area contributed by atoms with E-state index >= 15 is 0 Å². The summed E-state index contributed by atoms with van der Waals surface area (Å²) in [6, 6.07) is 19.4. The maximum absolute atomic E-state index is 14.1. The summed E-state index contributed by atoms with van der Waals surface area (Å²) in [5.41, 5.74) is 1.60. The fourth-order valence-corrected chi connectivity index (χ4v) is 4.86. The molecule has 0 aliphatic carbocycles. The molecule has 1 aliphatic heterocycles. The lowest BCUT2D eigenvalue weighted by atomic mass is 10.2. The second kappa shape index (κ2) is 12.0. The van der Waals surface area contributed by atoms with E-state index in [1.54, 1.807) is 49.4 Å². The molecule has 37 heavy (non-hydrogen) atoms. The summed E-state index contributed by atoms with van der Waals surface area (Å²) in [5.74, 6) is -1.85. The number of nitrogens with zero attached hydrogens (tertiary/aromatic N) is 2. The van der Waals surface area contributed by atoms with Crippen LogP contribution >= 0.6 is 23.4 Å². The number of hydrogen-bond acceptors (Lipinski definition) is 6. The molecule has 1 heterocycles. The van der Waals surface area contributed by atoms with Crippen molar-refractivity contribution in [1.29, 1.82) is 0 Å². The SMILES string of the molecule is CCOC(=O)c1ccc(N=C2SC(C(=O)Nc3ccccc3F)CC(=O)N2Cc2ccccc2Cl)cc1. The number of amidine groups is 1. The molecule has 0 bridgehead atoms. The topological polar surface area (TPSA) is 88.1 Å². The number of para-hydroxylation sites is 1. The van der Waals surface area contributed by atoms with E-state index in [1.165, 1.54) is 23.1 Å². The third-order valence-corrected chi connectivity index (χ3v) is 7.01. The zero-order valence-electron chi connectivity index (χ0n) is 19.8. The Morgan fingerprint density at radius 1 is 1.11 bits per heavy atom. The van der Waals surface area contributed by atoms with Gasteiger partial charge in [-0.2, -0.15) is 0 Å². The maximum Gasteiger partial charge on any atom is 0.338 e. The lowest BCUT2D eigenvalue weighted by Crippen LogP contribution is -2.44. The third-order valence-electron chi connectivity index (χ3n) is 5.45. The molecular weight excluding hydrogens is 517 g/mol. The molecule has 1 aliphatic rings. The van der Waals surface area contributed by atoms with Gasteiger partial charge in [0.1, 0.15) is 11.1 Å². The summed E-state index contributed by atoms with van der Waals surface area (Å²) >= 11 is 7.43. The Bertz CT molecular complexity index is 1350. The van der Waals surface area contributed by atoms with Crippen molar-refractivity contribution < 1.29 is 23.5 Å². The van der Waals surface area contributed by atoms with Crippen LogP contribution in [0.5, 0.6) is 0 Å². The summed E-state index contributed by atoms with van der Waals surface area (Å²) < 4.78 is 19.1. The van der Waals surface area contributed by atoms with Gasteiger partial charge in [-0.05, 0) is 55.0 Å². The molecule has 0 spiro atoms. The summed E-state index contributed by atoms with van der Waals surface area (Å²) in [4.78, 5) is 44.3. The summed E-state index contributed by atoms with van der Waals surface area (Å²) in [5, 5.41) is 2.51. The summed E-state index contributed by atoms with van der Waals surface area (Å²) in [6.45, 7) is 2.14. The van der Waals surface area contributed by atoms with Crippen LogP contribution in [0.2, 0.25) is 5.02 Å². The molecule has 1 atom stereocenters. The highest BCUT2D eigenvalue weighted by molar-refractivity contribution is 8.15. The Balaban J connectivity index is 1.62. The van der Waals surface area contributed by atoms with Crippen molar-refractivity contribution in [3.63, 3.8) is 0 Å². The highest BCUT2D eigenvalue weighted by Gasteiger charge is 2.36. The van der Waals surface area contributed by atoms with E-state index in [1.807, 2.05) is 12.1 Å². The van der Waals surface area contributed by atoms with Gasteiger partial charge in [-0.1, -0.05) is 53.7 Å². The minimum Gasteiger partial charge on any atom is -0.462 e. The molecule has 1 N–H and O–H groups in total. The van der Waals surface area contributed by atoms with Gasteiger partial charge in [0.05, 0.1) is 30.1 Å². The van der Waals surface area contributed by atoms with Crippen molar-refractivity contribution in [2.45, 2.75) is 25.1 Å². The van der Waals surface area contributed by atoms with E-state index < -0.39 is 22.9 Å². The predicted octanol–water partition coefficient (Wildman–Crippen LogP) is 5.82. The van der Waals surface area contributed by atoms with Gasteiger partial charge in [-0.25, -0.2) is 14.2 Å². The third kappa shape index (κ3) is 6.55. The van der Waals surface area contributed by atoms with Crippen molar-refractivity contribution in [3.05, 3.63) is 94.8 Å². The van der Waals surface area contributed by atoms with E-state index in [0.29, 0.717) is 16.3 Å². The molecule has 0 aromatic heterocycles. The first-order chi connectivity index (χ1) is 17.9. The van der Waals surface area contributed by atoms with Crippen LogP contribution in [0.3, 0.4) is 0 Å². The number of rotatable bonds is 7. The van der Waals surface area contributed by atoms with Gasteiger partial charge in [-0.3, -0.25) is 14.5 Å².